The van der Waals surface area contributed by atoms with Crippen molar-refractivity contribution in [3.8, 4) is 0 Å². The average Bonchev–Trinajstić information content (AvgIpc) is 2.36. The Labute approximate surface area is 106 Å². The Morgan fingerprint density at radius 1 is 1.00 bits per heavy atom. The van der Waals surface area contributed by atoms with Crippen LogP contribution in [-0.2, 0) is 9.59 Å². The average molecular weight is 241 g/mol. The van der Waals surface area contributed by atoms with Crippen molar-refractivity contribution in [2.24, 2.45) is 0 Å². The second-order valence-corrected chi connectivity index (χ2v) is 4.31. The number of carbonyl (C=O) groups is 2. The van der Waals surface area contributed by atoms with Crippen LogP contribution in [0.1, 0.15) is 19.8 Å². The van der Waals surface area contributed by atoms with Gasteiger partial charge in [0.2, 0.25) is 5.91 Å². The standard InChI is InChI=1S/C15H15NO2/c1-11(17)6-9-15(18)16-14-8-7-12-4-2-3-5-13(12)10-14/h2-5,7-8,10H,6,9H2,1H3,(H,16,18). The molecule has 0 aliphatic rings. The molecule has 0 bridgehead atoms. The third kappa shape index (κ3) is 3.17. The van der Waals surface area contributed by atoms with E-state index in [1.54, 1.807) is 0 Å². The van der Waals surface area contributed by atoms with Crippen LogP contribution in [0.4, 0.5) is 5.69 Å². The van der Waals surface area contributed by atoms with Gasteiger partial charge in [-0.2, -0.15) is 0 Å². The van der Waals surface area contributed by atoms with Gasteiger partial charge in [-0.1, -0.05) is 30.3 Å². The van der Waals surface area contributed by atoms with Crippen molar-refractivity contribution in [3.05, 3.63) is 42.5 Å². The molecule has 0 unspecified atom stereocenters. The summed E-state index contributed by atoms with van der Waals surface area (Å²) in [6.45, 7) is 1.49. The van der Waals surface area contributed by atoms with E-state index in [9.17, 15) is 9.59 Å². The summed E-state index contributed by atoms with van der Waals surface area (Å²) in [5.74, 6) is -0.0934. The van der Waals surface area contributed by atoms with Gasteiger partial charge in [-0.3, -0.25) is 4.79 Å². The van der Waals surface area contributed by atoms with Gasteiger partial charge >= 0.3 is 0 Å². The second kappa shape index (κ2) is 5.45. The maximum atomic E-state index is 11.6. The Bertz CT molecular complexity index is 590. The molecule has 1 N–H and O–H groups in total. The van der Waals surface area contributed by atoms with Crippen LogP contribution in [-0.4, -0.2) is 11.7 Å². The van der Waals surface area contributed by atoms with Crippen molar-refractivity contribution < 1.29 is 9.59 Å². The molecule has 0 aromatic heterocycles. The number of hydrogen-bond acceptors (Lipinski definition) is 2. The number of hydrogen-bond donors (Lipinski definition) is 1. The van der Waals surface area contributed by atoms with E-state index in [4.69, 9.17) is 0 Å². The number of amides is 1. The summed E-state index contributed by atoms with van der Waals surface area (Å²) in [7, 11) is 0. The SMILES string of the molecule is CC(=O)CCC(=O)Nc1ccc2ccccc2c1. The van der Waals surface area contributed by atoms with Gasteiger partial charge in [0.25, 0.3) is 0 Å². The van der Waals surface area contributed by atoms with Crippen molar-refractivity contribution in [2.75, 3.05) is 5.32 Å². The zero-order valence-corrected chi connectivity index (χ0v) is 10.3. The number of carbonyl (C=O) groups excluding carboxylic acids is 2. The minimum atomic E-state index is -0.125. The lowest BCUT2D eigenvalue weighted by atomic mass is 10.1. The van der Waals surface area contributed by atoms with Gasteiger partial charge in [-0.15, -0.1) is 0 Å². The number of ketones is 1. The zero-order valence-electron chi connectivity index (χ0n) is 10.3. The molecule has 2 aromatic carbocycles. The van der Waals surface area contributed by atoms with Gasteiger partial charge in [0.1, 0.15) is 5.78 Å². The summed E-state index contributed by atoms with van der Waals surface area (Å²) >= 11 is 0. The lowest BCUT2D eigenvalue weighted by Gasteiger charge is -2.06. The van der Waals surface area contributed by atoms with Gasteiger partial charge in [0.15, 0.2) is 0 Å². The molecule has 0 radical (unpaired) electrons. The first-order chi connectivity index (χ1) is 8.65. The summed E-state index contributed by atoms with van der Waals surface area (Å²) < 4.78 is 0. The largest absolute Gasteiger partial charge is 0.326 e. The fraction of sp³-hybridized carbons (Fsp3) is 0.200. The van der Waals surface area contributed by atoms with Crippen molar-refractivity contribution in [1.29, 1.82) is 0 Å². The van der Waals surface area contributed by atoms with Crippen LogP contribution < -0.4 is 5.32 Å². The highest BCUT2D eigenvalue weighted by atomic mass is 16.2. The molecule has 0 aliphatic heterocycles. The van der Waals surface area contributed by atoms with E-state index in [-0.39, 0.29) is 18.1 Å². The highest BCUT2D eigenvalue weighted by Gasteiger charge is 2.04. The predicted molar refractivity (Wildman–Crippen MR) is 72.5 cm³/mol. The molecule has 0 saturated heterocycles. The Morgan fingerprint density at radius 3 is 2.44 bits per heavy atom. The highest BCUT2D eigenvalue weighted by molar-refractivity contribution is 5.95. The van der Waals surface area contributed by atoms with Gasteiger partial charge < -0.3 is 10.1 Å². The maximum absolute atomic E-state index is 11.6. The summed E-state index contributed by atoms with van der Waals surface area (Å²) in [6, 6.07) is 13.7. The van der Waals surface area contributed by atoms with E-state index in [1.165, 1.54) is 6.92 Å². The van der Waals surface area contributed by atoms with Gasteiger partial charge in [0.05, 0.1) is 0 Å². The Morgan fingerprint density at radius 2 is 1.72 bits per heavy atom. The van der Waals surface area contributed by atoms with Crippen LogP contribution in [0.2, 0.25) is 0 Å². The highest BCUT2D eigenvalue weighted by Crippen LogP contribution is 2.18. The number of Topliss-reactive ketones (excluding diaryl/α,β-unsaturated/α-hetero) is 1. The van der Waals surface area contributed by atoms with Crippen LogP contribution in [0.3, 0.4) is 0 Å². The van der Waals surface area contributed by atoms with E-state index in [2.05, 4.69) is 5.32 Å². The summed E-state index contributed by atoms with van der Waals surface area (Å²) in [4.78, 5) is 22.4. The molecular formula is C15H15NO2. The first-order valence-corrected chi connectivity index (χ1v) is 5.93. The fourth-order valence-electron chi connectivity index (χ4n) is 1.78. The maximum Gasteiger partial charge on any atom is 0.224 e. The Balaban J connectivity index is 2.07. The summed E-state index contributed by atoms with van der Waals surface area (Å²) in [5.41, 5.74) is 0.766. The van der Waals surface area contributed by atoms with Crippen LogP contribution in [0.5, 0.6) is 0 Å². The molecule has 0 aliphatic carbocycles. The third-order valence-corrected chi connectivity index (χ3v) is 2.74. The number of benzene rings is 2. The van der Waals surface area contributed by atoms with Gasteiger partial charge in [0, 0.05) is 18.5 Å². The van der Waals surface area contributed by atoms with E-state index >= 15 is 0 Å². The first kappa shape index (κ1) is 12.3. The molecule has 18 heavy (non-hydrogen) atoms. The van der Waals surface area contributed by atoms with Crippen molar-refractivity contribution in [3.63, 3.8) is 0 Å². The van der Waals surface area contributed by atoms with Crippen LogP contribution in [0.25, 0.3) is 10.8 Å². The smallest absolute Gasteiger partial charge is 0.224 e. The van der Waals surface area contributed by atoms with Crippen LogP contribution in [0.15, 0.2) is 42.5 Å². The zero-order chi connectivity index (χ0) is 13.0. The quantitative estimate of drug-likeness (QED) is 0.893. The Hall–Kier alpha value is -2.16. The molecule has 1 amide bonds. The van der Waals surface area contributed by atoms with E-state index in [1.807, 2.05) is 42.5 Å². The molecule has 0 heterocycles. The van der Waals surface area contributed by atoms with Crippen molar-refractivity contribution in [2.45, 2.75) is 19.8 Å². The van der Waals surface area contributed by atoms with Crippen molar-refractivity contribution in [1.82, 2.24) is 0 Å². The second-order valence-electron chi connectivity index (χ2n) is 4.31. The molecule has 92 valence electrons. The first-order valence-electron chi connectivity index (χ1n) is 5.93. The summed E-state index contributed by atoms with van der Waals surface area (Å²) in [5, 5.41) is 5.02. The minimum absolute atomic E-state index is 0.0312. The molecule has 2 rings (SSSR count). The molecule has 0 fully saturated rings. The molecule has 0 spiro atoms. The van der Waals surface area contributed by atoms with Crippen molar-refractivity contribution >= 4 is 28.2 Å². The molecule has 0 saturated carbocycles. The van der Waals surface area contributed by atoms with Crippen LogP contribution in [0, 0.1) is 0 Å². The fourth-order valence-corrected chi connectivity index (χ4v) is 1.78. The molecule has 3 heteroatoms. The lowest BCUT2D eigenvalue weighted by Crippen LogP contribution is -2.12. The molecule has 3 nitrogen and oxygen atoms in total. The number of rotatable bonds is 4. The summed E-state index contributed by atoms with van der Waals surface area (Å²) in [6.07, 6.45) is 0.529. The molecular weight excluding hydrogens is 226 g/mol. The molecule has 2 aromatic rings. The minimum Gasteiger partial charge on any atom is -0.326 e. The predicted octanol–water partition coefficient (Wildman–Crippen LogP) is 3.15. The van der Waals surface area contributed by atoms with E-state index < -0.39 is 0 Å². The number of nitrogens with one attached hydrogen (secondary N) is 1. The molecule has 0 atom stereocenters. The van der Waals surface area contributed by atoms with E-state index in [0.29, 0.717) is 6.42 Å². The van der Waals surface area contributed by atoms with Gasteiger partial charge in [-0.25, -0.2) is 0 Å². The third-order valence-electron chi connectivity index (χ3n) is 2.74. The normalized spacial score (nSPS) is 10.3. The topological polar surface area (TPSA) is 46.2 Å². The van der Waals surface area contributed by atoms with Crippen LogP contribution >= 0.6 is 0 Å². The number of fused-ring (bicyclic) bond motifs is 1. The monoisotopic (exact) mass is 241 g/mol. The number of anilines is 1. The lowest BCUT2D eigenvalue weighted by molar-refractivity contribution is -0.121. The van der Waals surface area contributed by atoms with E-state index in [0.717, 1.165) is 16.5 Å². The van der Waals surface area contributed by atoms with Gasteiger partial charge in [-0.05, 0) is 29.8 Å². The Kier molecular flexibility index (Phi) is 3.72.